The van der Waals surface area contributed by atoms with Gasteiger partial charge in [0.2, 0.25) is 0 Å². The van der Waals surface area contributed by atoms with Crippen molar-refractivity contribution in [2.75, 3.05) is 7.11 Å². The fraction of sp³-hybridized carbons (Fsp3) is 0.0625. The van der Waals surface area contributed by atoms with Crippen LogP contribution >= 0.6 is 22.9 Å². The van der Waals surface area contributed by atoms with E-state index in [1.54, 1.807) is 37.9 Å². The van der Waals surface area contributed by atoms with Gasteiger partial charge in [0.05, 0.1) is 18.3 Å². The number of nitrogens with one attached hydrogen (secondary N) is 1. The largest absolute Gasteiger partial charge is 0.497 e. The highest BCUT2D eigenvalue weighted by molar-refractivity contribution is 7.21. The summed E-state index contributed by atoms with van der Waals surface area (Å²) in [6.07, 6.45) is 4.85. The van der Waals surface area contributed by atoms with Crippen molar-refractivity contribution in [1.82, 2.24) is 10.4 Å². The lowest BCUT2D eigenvalue weighted by molar-refractivity contribution is 0.0959. The summed E-state index contributed by atoms with van der Waals surface area (Å²) in [6, 6.07) is 9.07. The average molecular weight is 346 g/mol. The summed E-state index contributed by atoms with van der Waals surface area (Å²) in [7, 11) is 1.60. The maximum absolute atomic E-state index is 12.2. The van der Waals surface area contributed by atoms with E-state index in [0.717, 1.165) is 21.4 Å². The first-order valence-electron chi connectivity index (χ1n) is 6.68. The fourth-order valence-electron chi connectivity index (χ4n) is 1.98. The van der Waals surface area contributed by atoms with E-state index in [9.17, 15) is 4.79 Å². The molecule has 0 aliphatic heterocycles. The summed E-state index contributed by atoms with van der Waals surface area (Å²) in [5.41, 5.74) is 3.32. The maximum atomic E-state index is 12.2. The van der Waals surface area contributed by atoms with Crippen LogP contribution in [-0.2, 0) is 0 Å². The monoisotopic (exact) mass is 345 g/mol. The molecule has 116 valence electrons. The van der Waals surface area contributed by atoms with Gasteiger partial charge in [-0.3, -0.25) is 9.78 Å². The molecule has 0 unspecified atom stereocenters. The standard InChI is InChI=1S/C16H12ClN3O2S/c1-22-11-2-3-12-13(8-11)23-15(14(12)17)16(21)20-19-9-10-4-6-18-7-5-10/h2-9H,1H3,(H,20,21). The molecule has 1 aromatic carbocycles. The third-order valence-corrected chi connectivity index (χ3v) is 4.78. The molecular formula is C16H12ClN3O2S. The summed E-state index contributed by atoms with van der Waals surface area (Å²) in [5, 5.41) is 5.17. The third kappa shape index (κ3) is 3.33. The summed E-state index contributed by atoms with van der Waals surface area (Å²) < 4.78 is 6.07. The van der Waals surface area contributed by atoms with Gasteiger partial charge in [0, 0.05) is 22.5 Å². The Labute approximate surface area is 141 Å². The summed E-state index contributed by atoms with van der Waals surface area (Å²) in [4.78, 5) is 16.6. The first-order valence-corrected chi connectivity index (χ1v) is 7.88. The van der Waals surface area contributed by atoms with E-state index in [-0.39, 0.29) is 5.91 Å². The zero-order valence-electron chi connectivity index (χ0n) is 12.1. The molecule has 2 heterocycles. The molecule has 3 rings (SSSR count). The van der Waals surface area contributed by atoms with Gasteiger partial charge in [-0.1, -0.05) is 11.6 Å². The van der Waals surface area contributed by atoms with Crippen molar-refractivity contribution in [3.63, 3.8) is 0 Å². The van der Waals surface area contributed by atoms with Gasteiger partial charge < -0.3 is 4.74 Å². The number of carbonyl (C=O) groups is 1. The Morgan fingerprint density at radius 1 is 1.35 bits per heavy atom. The van der Waals surface area contributed by atoms with Crippen molar-refractivity contribution >= 4 is 45.1 Å². The number of ether oxygens (including phenoxy) is 1. The molecule has 0 saturated heterocycles. The van der Waals surface area contributed by atoms with Crippen LogP contribution in [0.3, 0.4) is 0 Å². The number of hydrogen-bond donors (Lipinski definition) is 1. The Morgan fingerprint density at radius 3 is 2.87 bits per heavy atom. The van der Waals surface area contributed by atoms with Crippen molar-refractivity contribution in [2.45, 2.75) is 0 Å². The summed E-state index contributed by atoms with van der Waals surface area (Å²) in [6.45, 7) is 0. The number of amides is 1. The fourth-order valence-corrected chi connectivity index (χ4v) is 3.42. The first-order chi connectivity index (χ1) is 11.2. The SMILES string of the molecule is COc1ccc2c(Cl)c(C(=O)NN=Cc3ccncc3)sc2c1. The Kier molecular flexibility index (Phi) is 4.55. The predicted octanol–water partition coefficient (Wildman–Crippen LogP) is 3.72. The lowest BCUT2D eigenvalue weighted by atomic mass is 10.2. The highest BCUT2D eigenvalue weighted by Gasteiger charge is 2.17. The van der Waals surface area contributed by atoms with Crippen molar-refractivity contribution in [3.05, 3.63) is 58.2 Å². The molecule has 1 N–H and O–H groups in total. The van der Waals surface area contributed by atoms with E-state index in [1.807, 2.05) is 18.2 Å². The number of nitrogens with zero attached hydrogens (tertiary/aromatic N) is 2. The molecule has 3 aromatic rings. The van der Waals surface area contributed by atoms with Crippen molar-refractivity contribution in [2.24, 2.45) is 5.10 Å². The molecule has 0 bridgehead atoms. The number of thiophene rings is 1. The van der Waals surface area contributed by atoms with Crippen LogP contribution in [0.25, 0.3) is 10.1 Å². The first kappa shape index (κ1) is 15.5. The van der Waals surface area contributed by atoms with Gasteiger partial charge in [-0.15, -0.1) is 11.3 Å². The Balaban J connectivity index is 1.81. The molecule has 0 spiro atoms. The zero-order valence-corrected chi connectivity index (χ0v) is 13.7. The quantitative estimate of drug-likeness (QED) is 0.579. The highest BCUT2D eigenvalue weighted by Crippen LogP contribution is 2.37. The van der Waals surface area contributed by atoms with Gasteiger partial charge in [-0.25, -0.2) is 5.43 Å². The van der Waals surface area contributed by atoms with Gasteiger partial charge in [0.1, 0.15) is 10.6 Å². The number of pyridine rings is 1. The maximum Gasteiger partial charge on any atom is 0.283 e. The zero-order chi connectivity index (χ0) is 16.2. The molecule has 7 heteroatoms. The minimum absolute atomic E-state index is 0.347. The number of methoxy groups -OCH3 is 1. The van der Waals surface area contributed by atoms with Crippen LogP contribution in [0.5, 0.6) is 5.75 Å². The number of benzene rings is 1. The molecular weight excluding hydrogens is 334 g/mol. The number of rotatable bonds is 4. The molecule has 0 radical (unpaired) electrons. The van der Waals surface area contributed by atoms with Crippen LogP contribution in [0.1, 0.15) is 15.2 Å². The highest BCUT2D eigenvalue weighted by atomic mass is 35.5. The lowest BCUT2D eigenvalue weighted by Crippen LogP contribution is -2.16. The van der Waals surface area contributed by atoms with Crippen molar-refractivity contribution in [1.29, 1.82) is 0 Å². The number of carbonyl (C=O) groups excluding carboxylic acids is 1. The summed E-state index contributed by atoms with van der Waals surface area (Å²) >= 11 is 7.59. The molecule has 0 aliphatic carbocycles. The smallest absolute Gasteiger partial charge is 0.283 e. The van der Waals surface area contributed by atoms with Gasteiger partial charge in [-0.05, 0) is 35.9 Å². The van der Waals surface area contributed by atoms with Crippen LogP contribution in [0, 0.1) is 0 Å². The number of fused-ring (bicyclic) bond motifs is 1. The molecule has 0 fully saturated rings. The minimum atomic E-state index is -0.347. The van der Waals surface area contributed by atoms with Crippen LogP contribution in [-0.4, -0.2) is 24.2 Å². The van der Waals surface area contributed by atoms with E-state index in [1.165, 1.54) is 11.3 Å². The number of halogens is 1. The third-order valence-electron chi connectivity index (χ3n) is 3.13. The number of hydrazone groups is 1. The van der Waals surface area contributed by atoms with Crippen LogP contribution < -0.4 is 10.2 Å². The minimum Gasteiger partial charge on any atom is -0.497 e. The van der Waals surface area contributed by atoms with E-state index in [2.05, 4.69) is 15.5 Å². The second-order valence-electron chi connectivity index (χ2n) is 4.59. The average Bonchev–Trinajstić information content (AvgIpc) is 2.92. The Hall–Kier alpha value is -2.44. The second kappa shape index (κ2) is 6.76. The van der Waals surface area contributed by atoms with Gasteiger partial charge >= 0.3 is 0 Å². The van der Waals surface area contributed by atoms with E-state index < -0.39 is 0 Å². The van der Waals surface area contributed by atoms with Crippen LogP contribution in [0.15, 0.2) is 47.8 Å². The van der Waals surface area contributed by atoms with Gasteiger partial charge in [-0.2, -0.15) is 5.10 Å². The molecule has 1 amide bonds. The van der Waals surface area contributed by atoms with Gasteiger partial charge in [0.25, 0.3) is 5.91 Å². The molecule has 23 heavy (non-hydrogen) atoms. The summed E-state index contributed by atoms with van der Waals surface area (Å²) in [5.74, 6) is 0.374. The van der Waals surface area contributed by atoms with Crippen LogP contribution in [0.4, 0.5) is 0 Å². The molecule has 5 nitrogen and oxygen atoms in total. The van der Waals surface area contributed by atoms with Crippen LogP contribution in [0.2, 0.25) is 5.02 Å². The predicted molar refractivity (Wildman–Crippen MR) is 92.7 cm³/mol. The van der Waals surface area contributed by atoms with Crippen molar-refractivity contribution in [3.8, 4) is 5.75 Å². The Morgan fingerprint density at radius 2 is 2.13 bits per heavy atom. The second-order valence-corrected chi connectivity index (χ2v) is 6.02. The normalized spacial score (nSPS) is 11.0. The topological polar surface area (TPSA) is 63.6 Å². The molecule has 0 aliphatic rings. The molecule has 0 saturated carbocycles. The van der Waals surface area contributed by atoms with E-state index in [4.69, 9.17) is 16.3 Å². The lowest BCUT2D eigenvalue weighted by Gasteiger charge is -1.98. The van der Waals surface area contributed by atoms with E-state index >= 15 is 0 Å². The molecule has 0 atom stereocenters. The van der Waals surface area contributed by atoms with E-state index in [0.29, 0.717) is 9.90 Å². The molecule has 2 aromatic heterocycles. The number of hydrogen-bond acceptors (Lipinski definition) is 5. The Bertz CT molecular complexity index is 878. The van der Waals surface area contributed by atoms with Crippen molar-refractivity contribution < 1.29 is 9.53 Å². The number of aromatic nitrogens is 1. The van der Waals surface area contributed by atoms with Gasteiger partial charge in [0.15, 0.2) is 0 Å².